The van der Waals surface area contributed by atoms with E-state index in [9.17, 15) is 9.59 Å². The smallest absolute Gasteiger partial charge is 0.242 e. The van der Waals surface area contributed by atoms with E-state index in [-0.39, 0.29) is 24.9 Å². The van der Waals surface area contributed by atoms with Crippen molar-refractivity contribution < 1.29 is 14.3 Å². The van der Waals surface area contributed by atoms with Crippen molar-refractivity contribution in [3.63, 3.8) is 0 Å². The highest BCUT2D eigenvalue weighted by atomic mass is 16.5. The number of nitrogens with one attached hydrogen (secondary N) is 1. The Labute approximate surface area is 98.6 Å². The molecule has 0 radical (unpaired) electrons. The van der Waals surface area contributed by atoms with Gasteiger partial charge in [-0.05, 0) is 5.56 Å². The van der Waals surface area contributed by atoms with Crippen LogP contribution in [-0.2, 0) is 16.1 Å². The summed E-state index contributed by atoms with van der Waals surface area (Å²) in [6, 6.07) is 3.55. The molecule has 0 atom stereocenters. The number of rotatable bonds is 3. The molecule has 2 amide bonds. The number of hydrogen-bond donors (Lipinski definition) is 1. The van der Waals surface area contributed by atoms with Crippen molar-refractivity contribution >= 4 is 11.8 Å². The van der Waals surface area contributed by atoms with Crippen LogP contribution in [0.1, 0.15) is 5.56 Å². The summed E-state index contributed by atoms with van der Waals surface area (Å²) >= 11 is 0. The molecule has 1 aliphatic rings. The zero-order valence-corrected chi connectivity index (χ0v) is 9.47. The summed E-state index contributed by atoms with van der Waals surface area (Å²) in [7, 11) is 1.54. The second kappa shape index (κ2) is 4.82. The van der Waals surface area contributed by atoms with E-state index in [1.807, 2.05) is 6.07 Å². The van der Waals surface area contributed by atoms with E-state index >= 15 is 0 Å². The molecule has 0 bridgehead atoms. The summed E-state index contributed by atoms with van der Waals surface area (Å²) in [5.41, 5.74) is 0.869. The lowest BCUT2D eigenvalue weighted by atomic mass is 10.2. The van der Waals surface area contributed by atoms with Crippen LogP contribution >= 0.6 is 0 Å². The number of aromatic nitrogens is 1. The SMILES string of the molecule is COc1ccc(CN2CC(=O)NCC2=O)cn1. The van der Waals surface area contributed by atoms with Crippen LogP contribution in [0.25, 0.3) is 0 Å². The first kappa shape index (κ1) is 11.4. The lowest BCUT2D eigenvalue weighted by Gasteiger charge is -2.26. The topological polar surface area (TPSA) is 71.5 Å². The first-order valence-corrected chi connectivity index (χ1v) is 5.22. The van der Waals surface area contributed by atoms with Gasteiger partial charge in [-0.2, -0.15) is 0 Å². The minimum Gasteiger partial charge on any atom is -0.481 e. The maximum Gasteiger partial charge on any atom is 0.242 e. The molecule has 17 heavy (non-hydrogen) atoms. The van der Waals surface area contributed by atoms with Crippen LogP contribution in [0.15, 0.2) is 18.3 Å². The predicted molar refractivity (Wildman–Crippen MR) is 59.2 cm³/mol. The average Bonchev–Trinajstić information content (AvgIpc) is 2.35. The molecule has 1 aromatic rings. The molecular formula is C11H13N3O3. The molecule has 6 nitrogen and oxygen atoms in total. The highest BCUT2D eigenvalue weighted by Crippen LogP contribution is 2.10. The molecule has 6 heteroatoms. The largest absolute Gasteiger partial charge is 0.481 e. The summed E-state index contributed by atoms with van der Waals surface area (Å²) in [5.74, 6) is 0.308. The van der Waals surface area contributed by atoms with Crippen molar-refractivity contribution in [1.29, 1.82) is 0 Å². The fourth-order valence-corrected chi connectivity index (χ4v) is 1.59. The number of carbonyl (C=O) groups is 2. The quantitative estimate of drug-likeness (QED) is 0.770. The summed E-state index contributed by atoms with van der Waals surface area (Å²) < 4.78 is 4.94. The van der Waals surface area contributed by atoms with Crippen molar-refractivity contribution in [2.75, 3.05) is 20.2 Å². The van der Waals surface area contributed by atoms with Gasteiger partial charge in [-0.1, -0.05) is 6.07 Å². The van der Waals surface area contributed by atoms with Crippen LogP contribution in [0, 0.1) is 0 Å². The van der Waals surface area contributed by atoms with Crippen LogP contribution in [0.2, 0.25) is 0 Å². The molecule has 0 saturated carbocycles. The Morgan fingerprint density at radius 2 is 2.29 bits per heavy atom. The fraction of sp³-hybridized carbons (Fsp3) is 0.364. The third-order valence-corrected chi connectivity index (χ3v) is 2.50. The van der Waals surface area contributed by atoms with Crippen LogP contribution < -0.4 is 10.1 Å². The van der Waals surface area contributed by atoms with Crippen molar-refractivity contribution in [2.24, 2.45) is 0 Å². The molecule has 0 aliphatic carbocycles. The third kappa shape index (κ3) is 2.72. The molecule has 1 fully saturated rings. The van der Waals surface area contributed by atoms with E-state index in [1.165, 1.54) is 4.90 Å². The normalized spacial score (nSPS) is 15.7. The Bertz CT molecular complexity index is 430. The molecule has 1 aromatic heterocycles. The van der Waals surface area contributed by atoms with Crippen LogP contribution in [0.5, 0.6) is 5.88 Å². The molecule has 0 unspecified atom stereocenters. The van der Waals surface area contributed by atoms with Crippen LogP contribution in [0.4, 0.5) is 0 Å². The van der Waals surface area contributed by atoms with E-state index in [0.29, 0.717) is 12.4 Å². The number of carbonyl (C=O) groups excluding carboxylic acids is 2. The number of amides is 2. The van der Waals surface area contributed by atoms with Crippen LogP contribution in [0.3, 0.4) is 0 Å². The predicted octanol–water partition coefficient (Wildman–Crippen LogP) is -0.451. The van der Waals surface area contributed by atoms with Crippen molar-refractivity contribution in [3.8, 4) is 5.88 Å². The van der Waals surface area contributed by atoms with Gasteiger partial charge in [0.25, 0.3) is 0 Å². The lowest BCUT2D eigenvalue weighted by Crippen LogP contribution is -2.50. The fourth-order valence-electron chi connectivity index (χ4n) is 1.59. The molecular weight excluding hydrogens is 222 g/mol. The minimum absolute atomic E-state index is 0.0718. The standard InChI is InChI=1S/C11H13N3O3/c1-17-10-3-2-8(4-13-10)6-14-7-9(15)12-5-11(14)16/h2-4H,5-7H2,1H3,(H,12,15). The number of methoxy groups -OCH3 is 1. The zero-order chi connectivity index (χ0) is 12.3. The van der Waals surface area contributed by atoms with Gasteiger partial charge in [0.05, 0.1) is 20.2 Å². The number of nitrogens with zero attached hydrogens (tertiary/aromatic N) is 2. The van der Waals surface area contributed by atoms with Gasteiger partial charge >= 0.3 is 0 Å². The number of pyridine rings is 1. The highest BCUT2D eigenvalue weighted by Gasteiger charge is 2.22. The summed E-state index contributed by atoms with van der Waals surface area (Å²) in [4.78, 5) is 28.3. The molecule has 90 valence electrons. The number of ether oxygens (including phenoxy) is 1. The molecule has 0 aromatic carbocycles. The monoisotopic (exact) mass is 235 g/mol. The molecule has 1 saturated heterocycles. The second-order valence-electron chi connectivity index (χ2n) is 3.74. The maximum atomic E-state index is 11.5. The Morgan fingerprint density at radius 1 is 1.47 bits per heavy atom. The van der Waals surface area contributed by atoms with Gasteiger partial charge < -0.3 is 15.0 Å². The maximum absolute atomic E-state index is 11.5. The van der Waals surface area contributed by atoms with E-state index in [4.69, 9.17) is 4.74 Å². The van der Waals surface area contributed by atoms with Crippen molar-refractivity contribution in [2.45, 2.75) is 6.54 Å². The average molecular weight is 235 g/mol. The molecule has 2 heterocycles. The van der Waals surface area contributed by atoms with Crippen LogP contribution in [-0.4, -0.2) is 41.9 Å². The zero-order valence-electron chi connectivity index (χ0n) is 9.47. The Kier molecular flexibility index (Phi) is 3.22. The van der Waals surface area contributed by atoms with Gasteiger partial charge in [-0.25, -0.2) is 4.98 Å². The number of hydrogen-bond acceptors (Lipinski definition) is 4. The summed E-state index contributed by atoms with van der Waals surface area (Å²) in [6.45, 7) is 0.566. The number of piperazine rings is 1. The van der Waals surface area contributed by atoms with E-state index in [0.717, 1.165) is 5.56 Å². The Morgan fingerprint density at radius 3 is 2.94 bits per heavy atom. The minimum atomic E-state index is -0.133. The first-order chi connectivity index (χ1) is 8.19. The lowest BCUT2D eigenvalue weighted by molar-refractivity contribution is -0.141. The molecule has 2 rings (SSSR count). The van der Waals surface area contributed by atoms with Gasteiger partial charge in [0.1, 0.15) is 0 Å². The van der Waals surface area contributed by atoms with Gasteiger partial charge in [-0.15, -0.1) is 0 Å². The molecule has 1 N–H and O–H groups in total. The van der Waals surface area contributed by atoms with Crippen molar-refractivity contribution in [1.82, 2.24) is 15.2 Å². The van der Waals surface area contributed by atoms with E-state index in [2.05, 4.69) is 10.3 Å². The highest BCUT2D eigenvalue weighted by molar-refractivity contribution is 5.92. The Hall–Kier alpha value is -2.11. The molecule has 0 spiro atoms. The van der Waals surface area contributed by atoms with E-state index < -0.39 is 0 Å². The van der Waals surface area contributed by atoms with Gasteiger partial charge in [0.2, 0.25) is 17.7 Å². The van der Waals surface area contributed by atoms with Gasteiger partial charge in [0, 0.05) is 18.8 Å². The van der Waals surface area contributed by atoms with Crippen molar-refractivity contribution in [3.05, 3.63) is 23.9 Å². The van der Waals surface area contributed by atoms with E-state index in [1.54, 1.807) is 19.4 Å². The summed E-state index contributed by atoms with van der Waals surface area (Å²) in [5, 5.41) is 2.50. The second-order valence-corrected chi connectivity index (χ2v) is 3.74. The summed E-state index contributed by atoms with van der Waals surface area (Å²) in [6.07, 6.45) is 1.64. The van der Waals surface area contributed by atoms with Gasteiger partial charge in [-0.3, -0.25) is 9.59 Å². The molecule has 1 aliphatic heterocycles. The van der Waals surface area contributed by atoms with Gasteiger partial charge in [0.15, 0.2) is 0 Å². The Balaban J connectivity index is 2.03. The first-order valence-electron chi connectivity index (χ1n) is 5.22. The third-order valence-electron chi connectivity index (χ3n) is 2.50.